The number of rotatable bonds is 5. The summed E-state index contributed by atoms with van der Waals surface area (Å²) >= 11 is 0. The van der Waals surface area contributed by atoms with Gasteiger partial charge in [-0.3, -0.25) is 19.9 Å². The first-order chi connectivity index (χ1) is 6.90. The van der Waals surface area contributed by atoms with E-state index in [0.717, 1.165) is 0 Å². The summed E-state index contributed by atoms with van der Waals surface area (Å²) in [6, 6.07) is 0. The van der Waals surface area contributed by atoms with Crippen LogP contribution in [0.2, 0.25) is 0 Å². The lowest BCUT2D eigenvalue weighted by atomic mass is 9.95. The molecule has 0 bridgehead atoms. The molecule has 0 radical (unpaired) electrons. The molecule has 0 aromatic heterocycles. The van der Waals surface area contributed by atoms with Crippen molar-refractivity contribution in [2.24, 2.45) is 11.8 Å². The fraction of sp³-hybridized carbons (Fsp3) is 0.778. The SMILES string of the molecule is CONC(=O)C(C)C(C)C(=O)NN(C)C. The maximum Gasteiger partial charge on any atom is 0.247 e. The van der Waals surface area contributed by atoms with Gasteiger partial charge in [0.05, 0.1) is 7.11 Å². The molecular weight excluding hydrogens is 198 g/mol. The number of nitrogens with one attached hydrogen (secondary N) is 2. The summed E-state index contributed by atoms with van der Waals surface area (Å²) in [6.07, 6.45) is 0. The van der Waals surface area contributed by atoms with E-state index in [9.17, 15) is 9.59 Å². The number of hydrogen-bond donors (Lipinski definition) is 2. The van der Waals surface area contributed by atoms with E-state index in [1.807, 2.05) is 0 Å². The molecule has 0 aromatic rings. The molecule has 0 rings (SSSR count). The second kappa shape index (κ2) is 6.36. The van der Waals surface area contributed by atoms with Gasteiger partial charge < -0.3 is 0 Å². The van der Waals surface area contributed by atoms with Crippen molar-refractivity contribution in [2.75, 3.05) is 21.2 Å². The van der Waals surface area contributed by atoms with E-state index in [0.29, 0.717) is 0 Å². The molecule has 6 heteroatoms. The van der Waals surface area contributed by atoms with Crippen molar-refractivity contribution in [3.05, 3.63) is 0 Å². The molecule has 0 aliphatic rings. The topological polar surface area (TPSA) is 70.7 Å². The van der Waals surface area contributed by atoms with Crippen molar-refractivity contribution >= 4 is 11.8 Å². The van der Waals surface area contributed by atoms with Gasteiger partial charge in [0.25, 0.3) is 0 Å². The first-order valence-corrected chi connectivity index (χ1v) is 4.70. The van der Waals surface area contributed by atoms with Crippen LogP contribution < -0.4 is 10.9 Å². The van der Waals surface area contributed by atoms with Crippen molar-refractivity contribution in [3.63, 3.8) is 0 Å². The van der Waals surface area contributed by atoms with Gasteiger partial charge in [0.1, 0.15) is 0 Å². The van der Waals surface area contributed by atoms with Gasteiger partial charge >= 0.3 is 0 Å². The third-order valence-electron chi connectivity index (χ3n) is 2.11. The summed E-state index contributed by atoms with van der Waals surface area (Å²) in [6.45, 7) is 3.37. The van der Waals surface area contributed by atoms with Gasteiger partial charge in [-0.15, -0.1) is 0 Å². The number of hydroxylamine groups is 1. The summed E-state index contributed by atoms with van der Waals surface area (Å²) in [5.41, 5.74) is 4.80. The highest BCUT2D eigenvalue weighted by atomic mass is 16.6. The summed E-state index contributed by atoms with van der Waals surface area (Å²) in [4.78, 5) is 27.4. The minimum atomic E-state index is -0.440. The van der Waals surface area contributed by atoms with Gasteiger partial charge in [0.2, 0.25) is 11.8 Å². The minimum absolute atomic E-state index is 0.196. The van der Waals surface area contributed by atoms with Crippen LogP contribution in [0.5, 0.6) is 0 Å². The Morgan fingerprint density at radius 2 is 1.60 bits per heavy atom. The Balaban J connectivity index is 4.24. The zero-order valence-corrected chi connectivity index (χ0v) is 9.83. The second-order valence-electron chi connectivity index (χ2n) is 3.62. The van der Waals surface area contributed by atoms with Crippen molar-refractivity contribution in [2.45, 2.75) is 13.8 Å². The van der Waals surface area contributed by atoms with Crippen LogP contribution in [0.3, 0.4) is 0 Å². The molecule has 0 saturated carbocycles. The molecule has 0 spiro atoms. The Labute approximate surface area is 89.9 Å². The lowest BCUT2D eigenvalue weighted by Gasteiger charge is -2.20. The van der Waals surface area contributed by atoms with Crippen molar-refractivity contribution in [1.82, 2.24) is 15.9 Å². The number of amides is 2. The van der Waals surface area contributed by atoms with Crippen LogP contribution in [0.4, 0.5) is 0 Å². The first-order valence-electron chi connectivity index (χ1n) is 4.70. The Kier molecular flexibility index (Phi) is 5.88. The molecule has 2 N–H and O–H groups in total. The Morgan fingerprint density at radius 1 is 1.13 bits per heavy atom. The van der Waals surface area contributed by atoms with Gasteiger partial charge in [-0.05, 0) is 0 Å². The van der Waals surface area contributed by atoms with E-state index < -0.39 is 11.8 Å². The van der Waals surface area contributed by atoms with Gasteiger partial charge in [0, 0.05) is 25.9 Å². The fourth-order valence-corrected chi connectivity index (χ4v) is 0.970. The molecule has 2 amide bonds. The minimum Gasteiger partial charge on any atom is -0.289 e. The molecular formula is C9H19N3O3. The molecule has 88 valence electrons. The number of carbonyl (C=O) groups is 2. The van der Waals surface area contributed by atoms with Gasteiger partial charge in [0.15, 0.2) is 0 Å². The molecule has 0 fully saturated rings. The molecule has 0 saturated heterocycles. The molecule has 0 aliphatic heterocycles. The average molecular weight is 217 g/mol. The highest BCUT2D eigenvalue weighted by Crippen LogP contribution is 2.11. The molecule has 6 nitrogen and oxygen atoms in total. The van der Waals surface area contributed by atoms with Crippen molar-refractivity contribution in [3.8, 4) is 0 Å². The first kappa shape index (κ1) is 13.9. The Bertz CT molecular complexity index is 231. The third-order valence-corrected chi connectivity index (χ3v) is 2.11. The van der Waals surface area contributed by atoms with Crippen LogP contribution >= 0.6 is 0 Å². The van der Waals surface area contributed by atoms with Crippen LogP contribution in [0.25, 0.3) is 0 Å². The summed E-state index contributed by atoms with van der Waals surface area (Å²) in [7, 11) is 4.78. The molecule has 0 aliphatic carbocycles. The highest BCUT2D eigenvalue weighted by molar-refractivity contribution is 5.86. The number of carbonyl (C=O) groups excluding carboxylic acids is 2. The number of nitrogens with zero attached hydrogens (tertiary/aromatic N) is 1. The van der Waals surface area contributed by atoms with Crippen LogP contribution in [-0.4, -0.2) is 38.0 Å². The second-order valence-corrected chi connectivity index (χ2v) is 3.62. The van der Waals surface area contributed by atoms with Crippen molar-refractivity contribution < 1.29 is 14.4 Å². The predicted octanol–water partition coefficient (Wildman–Crippen LogP) is -0.471. The van der Waals surface area contributed by atoms with Crippen LogP contribution in [-0.2, 0) is 14.4 Å². The van der Waals surface area contributed by atoms with Gasteiger partial charge in [-0.1, -0.05) is 13.8 Å². The Morgan fingerprint density at radius 3 is 2.00 bits per heavy atom. The highest BCUT2D eigenvalue weighted by Gasteiger charge is 2.26. The summed E-state index contributed by atoms with van der Waals surface area (Å²) < 4.78 is 0. The predicted molar refractivity (Wildman–Crippen MR) is 55.3 cm³/mol. The van der Waals surface area contributed by atoms with Crippen LogP contribution in [0.1, 0.15) is 13.8 Å². The average Bonchev–Trinajstić information content (AvgIpc) is 2.14. The van der Waals surface area contributed by atoms with Gasteiger partial charge in [-0.2, -0.15) is 0 Å². The van der Waals surface area contributed by atoms with Gasteiger partial charge in [-0.25, -0.2) is 10.5 Å². The zero-order valence-electron chi connectivity index (χ0n) is 9.83. The fourth-order valence-electron chi connectivity index (χ4n) is 0.970. The maximum atomic E-state index is 11.5. The quantitative estimate of drug-likeness (QED) is 0.611. The largest absolute Gasteiger partial charge is 0.289 e. The molecule has 0 aromatic carbocycles. The molecule has 0 heterocycles. The van der Waals surface area contributed by atoms with E-state index >= 15 is 0 Å². The molecule has 15 heavy (non-hydrogen) atoms. The van der Waals surface area contributed by atoms with Crippen molar-refractivity contribution in [1.29, 1.82) is 0 Å². The standard InChI is InChI=1S/C9H19N3O3/c1-6(8(13)10-12(3)4)7(2)9(14)11-15-5/h6-7H,1-5H3,(H,10,13)(H,11,14). The number of hydrogen-bond acceptors (Lipinski definition) is 4. The van der Waals surface area contributed by atoms with Crippen LogP contribution in [0, 0.1) is 11.8 Å². The van der Waals surface area contributed by atoms with E-state index in [1.54, 1.807) is 33.0 Å². The monoisotopic (exact) mass is 217 g/mol. The lowest BCUT2D eigenvalue weighted by molar-refractivity contribution is -0.141. The smallest absolute Gasteiger partial charge is 0.247 e. The summed E-state index contributed by atoms with van der Waals surface area (Å²) in [5, 5.41) is 1.54. The van der Waals surface area contributed by atoms with E-state index in [1.165, 1.54) is 7.11 Å². The summed E-state index contributed by atoms with van der Waals surface area (Å²) in [5.74, 6) is -1.36. The van der Waals surface area contributed by atoms with E-state index in [2.05, 4.69) is 15.7 Å². The molecule has 2 unspecified atom stereocenters. The molecule has 2 atom stereocenters. The number of hydrazine groups is 1. The lowest BCUT2D eigenvalue weighted by Crippen LogP contribution is -2.44. The van der Waals surface area contributed by atoms with E-state index in [-0.39, 0.29) is 11.8 Å². The maximum absolute atomic E-state index is 11.5. The third kappa shape index (κ3) is 4.75. The van der Waals surface area contributed by atoms with Crippen LogP contribution in [0.15, 0.2) is 0 Å². The van der Waals surface area contributed by atoms with E-state index in [4.69, 9.17) is 0 Å². The normalized spacial score (nSPS) is 14.5. The zero-order chi connectivity index (χ0) is 12.0. The Hall–Kier alpha value is -1.14.